The summed E-state index contributed by atoms with van der Waals surface area (Å²) in [4.78, 5) is 24.5. The number of carbonyl (C=O) groups is 1. The number of aromatic nitrogens is 4. The van der Waals surface area contributed by atoms with Gasteiger partial charge in [-0.05, 0) is 40.3 Å². The summed E-state index contributed by atoms with van der Waals surface area (Å²) in [6.07, 6.45) is -2.40. The molecule has 12 heteroatoms. The van der Waals surface area contributed by atoms with Gasteiger partial charge in [0.2, 0.25) is 0 Å². The summed E-state index contributed by atoms with van der Waals surface area (Å²) in [5.41, 5.74) is 3.84. The van der Waals surface area contributed by atoms with Crippen LogP contribution in [0.25, 0.3) is 11.2 Å². The Morgan fingerprint density at radius 1 is 1.28 bits per heavy atom. The number of hydrazine groups is 1. The van der Waals surface area contributed by atoms with Crippen molar-refractivity contribution in [2.45, 2.75) is 31.1 Å². The highest BCUT2D eigenvalue weighted by molar-refractivity contribution is 14.1. The fraction of sp³-hybridized carbons (Fsp3) is 0.294. The maximum Gasteiger partial charge on any atom is 0.265 e. The summed E-state index contributed by atoms with van der Waals surface area (Å²) in [6, 6.07) is 8.03. The lowest BCUT2D eigenvalue weighted by molar-refractivity contribution is -0.137. The number of rotatable bonds is 5. The molecule has 0 radical (unpaired) electrons. The maximum absolute atomic E-state index is 11.8. The predicted octanol–water partition coefficient (Wildman–Crippen LogP) is -0.348. The number of hydrogen-bond donors (Lipinski definition) is 5. The van der Waals surface area contributed by atoms with Crippen LogP contribution in [0, 0.1) is 3.57 Å². The molecule has 0 spiro atoms. The normalized spacial score (nSPS) is 24.0. The van der Waals surface area contributed by atoms with Gasteiger partial charge in [0.05, 0.1) is 6.33 Å². The number of ether oxygens (including phenoxy) is 1. The Balaban J connectivity index is 1.60. The zero-order valence-corrected chi connectivity index (χ0v) is 17.1. The highest BCUT2D eigenvalue weighted by Gasteiger charge is 2.47. The van der Waals surface area contributed by atoms with Crippen LogP contribution in [0.2, 0.25) is 0 Å². The van der Waals surface area contributed by atoms with Crippen molar-refractivity contribution in [3.05, 3.63) is 46.1 Å². The summed E-state index contributed by atoms with van der Waals surface area (Å²) in [7, 11) is 0. The van der Waals surface area contributed by atoms with E-state index in [-0.39, 0.29) is 0 Å². The molecule has 0 bridgehead atoms. The number of aliphatic hydroxyl groups excluding tert-OH is 2. The Morgan fingerprint density at radius 2 is 2.10 bits per heavy atom. The number of anilines is 1. The number of carbonyl (C=O) groups excluding carboxylic acids is 1. The minimum absolute atomic E-state index is 0.384. The Kier molecular flexibility index (Phi) is 5.60. The molecular weight excluding hydrogens is 493 g/mol. The topological polar surface area (TPSA) is 160 Å². The van der Waals surface area contributed by atoms with Crippen molar-refractivity contribution in [2.24, 2.45) is 5.84 Å². The largest absolute Gasteiger partial charge is 0.387 e. The average Bonchev–Trinajstić information content (AvgIpc) is 3.28. The minimum atomic E-state index is -1.44. The highest BCUT2D eigenvalue weighted by Crippen LogP contribution is 2.32. The lowest BCUT2D eigenvalue weighted by Gasteiger charge is -2.16. The Labute approximate surface area is 178 Å². The zero-order valence-electron chi connectivity index (χ0n) is 14.9. The van der Waals surface area contributed by atoms with E-state index in [0.717, 1.165) is 9.13 Å². The van der Waals surface area contributed by atoms with E-state index in [1.165, 1.54) is 17.2 Å². The molecule has 1 fully saturated rings. The van der Waals surface area contributed by atoms with Crippen molar-refractivity contribution < 1.29 is 19.7 Å². The van der Waals surface area contributed by atoms with E-state index in [9.17, 15) is 15.0 Å². The van der Waals surface area contributed by atoms with E-state index in [1.54, 1.807) is 0 Å². The van der Waals surface area contributed by atoms with Crippen LogP contribution in [0.3, 0.4) is 0 Å². The number of nitrogens with zero attached hydrogens (tertiary/aromatic N) is 4. The smallest absolute Gasteiger partial charge is 0.265 e. The molecular formula is C17H18IN7O4. The van der Waals surface area contributed by atoms with Gasteiger partial charge in [-0.15, -0.1) is 0 Å². The Hall–Kier alpha value is -2.39. The molecule has 2 aromatic heterocycles. The van der Waals surface area contributed by atoms with Crippen molar-refractivity contribution in [3.8, 4) is 0 Å². The molecule has 3 aromatic rings. The summed E-state index contributed by atoms with van der Waals surface area (Å²) < 4.78 is 8.10. The lowest BCUT2D eigenvalue weighted by Crippen LogP contribution is -2.45. The van der Waals surface area contributed by atoms with Crippen LogP contribution in [0.5, 0.6) is 0 Å². The van der Waals surface area contributed by atoms with Crippen molar-refractivity contribution in [1.29, 1.82) is 0 Å². The van der Waals surface area contributed by atoms with Gasteiger partial charge in [0.15, 0.2) is 29.3 Å². The number of imidazole rings is 1. The van der Waals surface area contributed by atoms with Gasteiger partial charge < -0.3 is 20.3 Å². The fourth-order valence-corrected chi connectivity index (χ4v) is 3.80. The number of halogens is 1. The summed E-state index contributed by atoms with van der Waals surface area (Å²) >= 11 is 2.25. The van der Waals surface area contributed by atoms with Crippen LogP contribution in [-0.2, 0) is 16.1 Å². The second kappa shape index (κ2) is 8.16. The van der Waals surface area contributed by atoms with Gasteiger partial charge in [-0.1, -0.05) is 12.1 Å². The number of benzene rings is 1. The second-order valence-electron chi connectivity index (χ2n) is 6.47. The van der Waals surface area contributed by atoms with E-state index in [0.29, 0.717) is 23.5 Å². The van der Waals surface area contributed by atoms with Gasteiger partial charge in [-0.25, -0.2) is 20.8 Å². The molecule has 11 nitrogen and oxygen atoms in total. The SMILES string of the molecule is NNC(=O)[C@H]1O[C@@H](n2cnc3c(NCc4cccc(I)c4)ncnc32)[C@H](O)[C@@H]1O. The van der Waals surface area contributed by atoms with Gasteiger partial charge in [0.1, 0.15) is 18.5 Å². The number of nitrogens with one attached hydrogen (secondary N) is 2. The minimum Gasteiger partial charge on any atom is -0.387 e. The van der Waals surface area contributed by atoms with Crippen molar-refractivity contribution in [1.82, 2.24) is 24.9 Å². The first-order chi connectivity index (χ1) is 14.0. The van der Waals surface area contributed by atoms with E-state index >= 15 is 0 Å². The monoisotopic (exact) mass is 511 g/mol. The molecule has 6 N–H and O–H groups in total. The molecule has 1 aromatic carbocycles. The Morgan fingerprint density at radius 3 is 2.86 bits per heavy atom. The standard InChI is InChI=1S/C17H18IN7O4/c18-9-3-1-2-8(4-9)5-20-14-10-15(22-6-21-14)25(7-23-10)17-12(27)11(26)13(29-17)16(28)24-19/h1-4,6-7,11-13,17,26-27H,5,19H2,(H,24,28)(H,20,21,22)/t11-,12+,13-,17+/m0/s1. The van der Waals surface area contributed by atoms with Gasteiger partial charge >= 0.3 is 0 Å². The molecule has 29 heavy (non-hydrogen) atoms. The van der Waals surface area contributed by atoms with E-state index in [2.05, 4.69) is 48.9 Å². The first-order valence-electron chi connectivity index (χ1n) is 8.67. The molecule has 0 unspecified atom stereocenters. The lowest BCUT2D eigenvalue weighted by atomic mass is 10.1. The molecule has 1 saturated heterocycles. The van der Waals surface area contributed by atoms with Gasteiger partial charge in [0.25, 0.3) is 5.91 Å². The number of fused-ring (bicyclic) bond motifs is 1. The summed E-state index contributed by atoms with van der Waals surface area (Å²) in [5, 5.41) is 23.7. The van der Waals surface area contributed by atoms with Crippen molar-refractivity contribution in [3.63, 3.8) is 0 Å². The van der Waals surface area contributed by atoms with Crippen LogP contribution in [-0.4, -0.2) is 54.0 Å². The number of hydrogen-bond acceptors (Lipinski definition) is 9. The van der Waals surface area contributed by atoms with Crippen molar-refractivity contribution >= 4 is 45.5 Å². The molecule has 152 valence electrons. The van der Waals surface area contributed by atoms with Crippen LogP contribution in [0.15, 0.2) is 36.9 Å². The van der Waals surface area contributed by atoms with Gasteiger partial charge in [0, 0.05) is 10.1 Å². The summed E-state index contributed by atoms with van der Waals surface area (Å²) in [5.74, 6) is 4.88. The second-order valence-corrected chi connectivity index (χ2v) is 7.71. The zero-order chi connectivity index (χ0) is 20.5. The quantitative estimate of drug-likeness (QED) is 0.134. The molecule has 1 aliphatic rings. The molecule has 4 atom stereocenters. The summed E-state index contributed by atoms with van der Waals surface area (Å²) in [6.45, 7) is 0.538. The fourth-order valence-electron chi connectivity index (χ4n) is 3.19. The van der Waals surface area contributed by atoms with E-state index in [4.69, 9.17) is 10.6 Å². The van der Waals surface area contributed by atoms with Crippen LogP contribution in [0.4, 0.5) is 5.82 Å². The molecule has 0 aliphatic carbocycles. The Bertz CT molecular complexity index is 1050. The van der Waals surface area contributed by atoms with Crippen LogP contribution < -0.4 is 16.6 Å². The van der Waals surface area contributed by atoms with Crippen molar-refractivity contribution in [2.75, 3.05) is 5.32 Å². The van der Waals surface area contributed by atoms with E-state index < -0.39 is 30.4 Å². The van der Waals surface area contributed by atoms with Crippen LogP contribution in [0.1, 0.15) is 11.8 Å². The molecule has 0 saturated carbocycles. The van der Waals surface area contributed by atoms with Gasteiger partial charge in [-0.2, -0.15) is 0 Å². The third-order valence-corrected chi connectivity index (χ3v) is 5.29. The molecule has 3 heterocycles. The first-order valence-corrected chi connectivity index (χ1v) is 9.75. The molecule has 4 rings (SSSR count). The average molecular weight is 511 g/mol. The number of amides is 1. The number of aliphatic hydroxyl groups is 2. The molecule has 1 amide bonds. The molecule has 1 aliphatic heterocycles. The third-order valence-electron chi connectivity index (χ3n) is 4.62. The van der Waals surface area contributed by atoms with E-state index in [1.807, 2.05) is 23.6 Å². The first kappa shape index (κ1) is 19.9. The highest BCUT2D eigenvalue weighted by atomic mass is 127. The van der Waals surface area contributed by atoms with Gasteiger partial charge in [-0.3, -0.25) is 14.8 Å². The third kappa shape index (κ3) is 3.76. The predicted molar refractivity (Wildman–Crippen MR) is 110 cm³/mol. The maximum atomic E-state index is 11.8. The number of nitrogens with two attached hydrogens (primary N) is 1. The van der Waals surface area contributed by atoms with Crippen LogP contribution >= 0.6 is 22.6 Å².